The van der Waals surface area contributed by atoms with Crippen LogP contribution in [0.2, 0.25) is 0 Å². The molecule has 0 bridgehead atoms. The number of hydrogen-bond donors (Lipinski definition) is 1. The number of ether oxygens (including phenoxy) is 1. The molecule has 0 saturated carbocycles. The summed E-state index contributed by atoms with van der Waals surface area (Å²) in [7, 11) is 1.65. The molecule has 0 spiro atoms. The van der Waals surface area contributed by atoms with Crippen LogP contribution in [0.3, 0.4) is 0 Å². The number of nitrogens with two attached hydrogens (primary N) is 1. The fraction of sp³-hybridized carbons (Fsp3) is 0.533. The Kier molecular flexibility index (Phi) is 4.52. The molecule has 0 atom stereocenters. The second-order valence-corrected chi connectivity index (χ2v) is 5.53. The topological polar surface area (TPSA) is 52.3 Å². The zero-order valence-electron chi connectivity index (χ0n) is 11.9. The van der Waals surface area contributed by atoms with Crippen molar-refractivity contribution in [3.8, 4) is 5.75 Å². The lowest BCUT2D eigenvalue weighted by atomic mass is 9.83. The molecular weight excluding hydrogens is 226 g/mol. The highest BCUT2D eigenvalue weighted by Gasteiger charge is 2.27. The van der Waals surface area contributed by atoms with Crippen LogP contribution >= 0.6 is 0 Å². The lowest BCUT2D eigenvalue weighted by molar-refractivity contribution is 0.0847. The summed E-state index contributed by atoms with van der Waals surface area (Å²) in [6.07, 6.45) is 0. The normalized spacial score (nSPS) is 11.7. The van der Waals surface area contributed by atoms with Gasteiger partial charge >= 0.3 is 0 Å². The van der Waals surface area contributed by atoms with Gasteiger partial charge in [0.2, 0.25) is 0 Å². The molecule has 0 aliphatic heterocycles. The van der Waals surface area contributed by atoms with Crippen LogP contribution in [-0.4, -0.2) is 19.4 Å². The minimum absolute atomic E-state index is 0.0783. The predicted molar refractivity (Wildman–Crippen MR) is 74.2 cm³/mol. The van der Waals surface area contributed by atoms with Crippen LogP contribution < -0.4 is 10.5 Å². The average molecular weight is 249 g/mol. The number of benzene rings is 1. The van der Waals surface area contributed by atoms with Crippen molar-refractivity contribution in [2.45, 2.75) is 33.6 Å². The molecule has 0 heterocycles. The van der Waals surface area contributed by atoms with Crippen molar-refractivity contribution in [3.05, 3.63) is 29.3 Å². The molecular formula is C15H23NO2. The molecule has 1 rings (SSSR count). The van der Waals surface area contributed by atoms with Gasteiger partial charge in [-0.1, -0.05) is 27.7 Å². The third kappa shape index (κ3) is 2.91. The Balaban J connectivity index is 3.20. The van der Waals surface area contributed by atoms with E-state index in [-0.39, 0.29) is 5.78 Å². The maximum Gasteiger partial charge on any atom is 0.169 e. The number of Topliss-reactive ketones (excluding diaryl/α,β-unsaturated/α-hetero) is 1. The van der Waals surface area contributed by atoms with Gasteiger partial charge in [0.05, 0.1) is 7.11 Å². The standard InChI is InChI=1S/C15H23NO2/c1-10(2)12-8-11(6-7-13(12)18-5)14(17)15(3,4)9-16/h6-8,10H,9,16H2,1-5H3. The number of carbonyl (C=O) groups excluding carboxylic acids is 1. The first kappa shape index (κ1) is 14.7. The van der Waals surface area contributed by atoms with E-state index in [1.807, 2.05) is 32.0 Å². The molecule has 0 aliphatic rings. The fourth-order valence-electron chi connectivity index (χ4n) is 1.81. The number of methoxy groups -OCH3 is 1. The van der Waals surface area contributed by atoms with Crippen LogP contribution in [0, 0.1) is 5.41 Å². The molecule has 0 amide bonds. The first-order valence-corrected chi connectivity index (χ1v) is 6.26. The summed E-state index contributed by atoms with van der Waals surface area (Å²) in [5, 5.41) is 0. The maximum absolute atomic E-state index is 12.4. The number of ketones is 1. The molecule has 100 valence electrons. The van der Waals surface area contributed by atoms with Gasteiger partial charge in [-0.05, 0) is 29.7 Å². The Morgan fingerprint density at radius 3 is 2.44 bits per heavy atom. The average Bonchev–Trinajstić information content (AvgIpc) is 2.36. The van der Waals surface area contributed by atoms with Gasteiger partial charge < -0.3 is 10.5 Å². The summed E-state index contributed by atoms with van der Waals surface area (Å²) >= 11 is 0. The van der Waals surface area contributed by atoms with E-state index in [0.717, 1.165) is 11.3 Å². The fourth-order valence-corrected chi connectivity index (χ4v) is 1.81. The predicted octanol–water partition coefficient (Wildman–Crippen LogP) is 2.99. The quantitative estimate of drug-likeness (QED) is 0.816. The Morgan fingerprint density at radius 2 is 2.00 bits per heavy atom. The first-order valence-electron chi connectivity index (χ1n) is 6.26. The van der Waals surface area contributed by atoms with E-state index in [2.05, 4.69) is 13.8 Å². The highest BCUT2D eigenvalue weighted by atomic mass is 16.5. The third-order valence-electron chi connectivity index (χ3n) is 3.24. The zero-order valence-corrected chi connectivity index (χ0v) is 11.9. The van der Waals surface area contributed by atoms with Crippen molar-refractivity contribution in [2.75, 3.05) is 13.7 Å². The second kappa shape index (κ2) is 5.53. The molecule has 0 radical (unpaired) electrons. The largest absolute Gasteiger partial charge is 0.496 e. The van der Waals surface area contributed by atoms with E-state index >= 15 is 0 Å². The monoisotopic (exact) mass is 249 g/mol. The van der Waals surface area contributed by atoms with Crippen molar-refractivity contribution < 1.29 is 9.53 Å². The minimum atomic E-state index is -0.525. The molecule has 0 fully saturated rings. The van der Waals surface area contributed by atoms with Gasteiger partial charge in [-0.25, -0.2) is 0 Å². The summed E-state index contributed by atoms with van der Waals surface area (Å²) in [6.45, 7) is 8.25. The zero-order chi connectivity index (χ0) is 13.9. The minimum Gasteiger partial charge on any atom is -0.496 e. The molecule has 0 aromatic heterocycles. The van der Waals surface area contributed by atoms with Gasteiger partial charge in [0.25, 0.3) is 0 Å². The number of carbonyl (C=O) groups is 1. The second-order valence-electron chi connectivity index (χ2n) is 5.53. The lowest BCUT2D eigenvalue weighted by Crippen LogP contribution is -2.32. The molecule has 18 heavy (non-hydrogen) atoms. The van der Waals surface area contributed by atoms with Crippen molar-refractivity contribution in [3.63, 3.8) is 0 Å². The molecule has 0 aliphatic carbocycles. The van der Waals surface area contributed by atoms with Crippen LogP contribution in [0.5, 0.6) is 5.75 Å². The van der Waals surface area contributed by atoms with E-state index in [1.54, 1.807) is 7.11 Å². The molecule has 2 N–H and O–H groups in total. The number of rotatable bonds is 5. The third-order valence-corrected chi connectivity index (χ3v) is 3.24. The van der Waals surface area contributed by atoms with Gasteiger partial charge in [-0.15, -0.1) is 0 Å². The molecule has 3 heteroatoms. The van der Waals surface area contributed by atoms with E-state index in [9.17, 15) is 4.79 Å². The highest BCUT2D eigenvalue weighted by molar-refractivity contribution is 6.00. The van der Waals surface area contributed by atoms with Crippen LogP contribution in [0.1, 0.15) is 49.5 Å². The number of hydrogen-bond acceptors (Lipinski definition) is 3. The Morgan fingerprint density at radius 1 is 1.39 bits per heavy atom. The molecule has 0 saturated heterocycles. The molecule has 3 nitrogen and oxygen atoms in total. The van der Waals surface area contributed by atoms with Crippen molar-refractivity contribution in [1.82, 2.24) is 0 Å². The summed E-state index contributed by atoms with van der Waals surface area (Å²) in [5.74, 6) is 1.22. The van der Waals surface area contributed by atoms with Gasteiger partial charge in [0.15, 0.2) is 5.78 Å². The highest BCUT2D eigenvalue weighted by Crippen LogP contribution is 2.29. The summed E-state index contributed by atoms with van der Waals surface area (Å²) < 4.78 is 5.32. The molecule has 1 aromatic rings. The van der Waals surface area contributed by atoms with Crippen LogP contribution in [0.25, 0.3) is 0 Å². The SMILES string of the molecule is COc1ccc(C(=O)C(C)(C)CN)cc1C(C)C. The molecule has 0 unspecified atom stereocenters. The van der Waals surface area contributed by atoms with Gasteiger partial charge in [-0.3, -0.25) is 4.79 Å². The van der Waals surface area contributed by atoms with E-state index in [4.69, 9.17) is 10.5 Å². The van der Waals surface area contributed by atoms with Crippen molar-refractivity contribution >= 4 is 5.78 Å². The van der Waals surface area contributed by atoms with Gasteiger partial charge in [0.1, 0.15) is 5.75 Å². The van der Waals surface area contributed by atoms with Gasteiger partial charge in [-0.2, -0.15) is 0 Å². The van der Waals surface area contributed by atoms with E-state index < -0.39 is 5.41 Å². The summed E-state index contributed by atoms with van der Waals surface area (Å²) in [4.78, 5) is 12.4. The Labute approximate surface area is 109 Å². The first-order chi connectivity index (χ1) is 8.33. The van der Waals surface area contributed by atoms with Crippen molar-refractivity contribution in [1.29, 1.82) is 0 Å². The van der Waals surface area contributed by atoms with Crippen LogP contribution in [-0.2, 0) is 0 Å². The smallest absolute Gasteiger partial charge is 0.169 e. The van der Waals surface area contributed by atoms with Crippen LogP contribution in [0.4, 0.5) is 0 Å². The Bertz CT molecular complexity index is 436. The van der Waals surface area contributed by atoms with E-state index in [0.29, 0.717) is 18.0 Å². The maximum atomic E-state index is 12.4. The van der Waals surface area contributed by atoms with Gasteiger partial charge in [0, 0.05) is 17.5 Å². The Hall–Kier alpha value is -1.35. The summed E-state index contributed by atoms with van der Waals surface area (Å²) in [5.41, 5.74) is 6.88. The van der Waals surface area contributed by atoms with Crippen LogP contribution in [0.15, 0.2) is 18.2 Å². The van der Waals surface area contributed by atoms with E-state index in [1.165, 1.54) is 0 Å². The molecule has 1 aromatic carbocycles. The summed E-state index contributed by atoms with van der Waals surface area (Å²) in [6, 6.07) is 5.59. The van der Waals surface area contributed by atoms with Crippen molar-refractivity contribution in [2.24, 2.45) is 11.1 Å². The lowest BCUT2D eigenvalue weighted by Gasteiger charge is -2.22.